The number of anilines is 1. The van der Waals surface area contributed by atoms with Gasteiger partial charge in [-0.15, -0.1) is 0 Å². The minimum absolute atomic E-state index is 0.00379. The SMILES string of the molecule is Cc1cccc(NC(=O)CSc2nc3ccccc3c(=O)n2C2CCCCC2)c1. The van der Waals surface area contributed by atoms with E-state index in [4.69, 9.17) is 4.98 Å². The summed E-state index contributed by atoms with van der Waals surface area (Å²) in [5, 5.41) is 4.21. The van der Waals surface area contributed by atoms with Crippen molar-refractivity contribution in [3.05, 3.63) is 64.4 Å². The lowest BCUT2D eigenvalue weighted by Gasteiger charge is -2.26. The predicted octanol–water partition coefficient (Wildman–Crippen LogP) is 4.94. The van der Waals surface area contributed by atoms with E-state index in [1.165, 1.54) is 18.2 Å². The number of carbonyl (C=O) groups is 1. The number of hydrogen-bond acceptors (Lipinski definition) is 4. The van der Waals surface area contributed by atoms with Crippen molar-refractivity contribution in [2.75, 3.05) is 11.1 Å². The van der Waals surface area contributed by atoms with Gasteiger partial charge in [0.2, 0.25) is 5.91 Å². The van der Waals surface area contributed by atoms with E-state index < -0.39 is 0 Å². The van der Waals surface area contributed by atoms with Crippen LogP contribution in [0, 0.1) is 6.92 Å². The predicted molar refractivity (Wildman–Crippen MR) is 119 cm³/mol. The highest BCUT2D eigenvalue weighted by Gasteiger charge is 2.22. The van der Waals surface area contributed by atoms with Crippen LogP contribution in [0.5, 0.6) is 0 Å². The van der Waals surface area contributed by atoms with Gasteiger partial charge in [0.25, 0.3) is 5.56 Å². The number of nitrogens with zero attached hydrogens (tertiary/aromatic N) is 2. The molecule has 0 spiro atoms. The molecule has 1 aromatic heterocycles. The lowest BCUT2D eigenvalue weighted by atomic mass is 9.95. The van der Waals surface area contributed by atoms with Crippen LogP contribution in [0.25, 0.3) is 10.9 Å². The number of aryl methyl sites for hydroxylation is 1. The molecule has 1 amide bonds. The van der Waals surface area contributed by atoms with Gasteiger partial charge in [-0.3, -0.25) is 14.2 Å². The number of aromatic nitrogens is 2. The van der Waals surface area contributed by atoms with Gasteiger partial charge in [0.15, 0.2) is 5.16 Å². The first kappa shape index (κ1) is 19.7. The third-order valence-electron chi connectivity index (χ3n) is 5.35. The van der Waals surface area contributed by atoms with Gasteiger partial charge in [0.1, 0.15) is 0 Å². The quantitative estimate of drug-likeness (QED) is 0.481. The smallest absolute Gasteiger partial charge is 0.262 e. The minimum Gasteiger partial charge on any atom is -0.325 e. The maximum absolute atomic E-state index is 13.2. The fraction of sp³-hybridized carbons (Fsp3) is 0.348. The number of nitrogens with one attached hydrogen (secondary N) is 1. The highest BCUT2D eigenvalue weighted by molar-refractivity contribution is 7.99. The Morgan fingerprint density at radius 3 is 2.72 bits per heavy atom. The summed E-state index contributed by atoms with van der Waals surface area (Å²) in [5.74, 6) is 0.115. The van der Waals surface area contributed by atoms with Crippen LogP contribution in [0.3, 0.4) is 0 Å². The zero-order chi connectivity index (χ0) is 20.2. The van der Waals surface area contributed by atoms with Gasteiger partial charge >= 0.3 is 0 Å². The third-order valence-corrected chi connectivity index (χ3v) is 6.30. The average molecular weight is 408 g/mol. The third kappa shape index (κ3) is 4.53. The van der Waals surface area contributed by atoms with Gasteiger partial charge in [-0.25, -0.2) is 4.98 Å². The number of hydrogen-bond donors (Lipinski definition) is 1. The molecule has 29 heavy (non-hydrogen) atoms. The number of carbonyl (C=O) groups excluding carboxylic acids is 1. The Hall–Kier alpha value is -2.60. The Balaban J connectivity index is 1.60. The Morgan fingerprint density at radius 2 is 1.93 bits per heavy atom. The molecule has 1 aliphatic carbocycles. The van der Waals surface area contributed by atoms with Crippen LogP contribution in [0.1, 0.15) is 43.7 Å². The van der Waals surface area contributed by atoms with Gasteiger partial charge in [-0.05, 0) is 49.6 Å². The van der Waals surface area contributed by atoms with Crippen LogP contribution in [0.2, 0.25) is 0 Å². The first-order valence-electron chi connectivity index (χ1n) is 10.1. The van der Waals surface area contributed by atoms with Crippen LogP contribution in [-0.4, -0.2) is 21.2 Å². The first-order valence-corrected chi connectivity index (χ1v) is 11.1. The van der Waals surface area contributed by atoms with Crippen molar-refractivity contribution in [2.24, 2.45) is 0 Å². The summed E-state index contributed by atoms with van der Waals surface area (Å²) in [6.45, 7) is 1.99. The van der Waals surface area contributed by atoms with Gasteiger partial charge in [-0.1, -0.05) is 55.3 Å². The van der Waals surface area contributed by atoms with Crippen molar-refractivity contribution in [2.45, 2.75) is 50.2 Å². The maximum Gasteiger partial charge on any atom is 0.262 e. The van der Waals surface area contributed by atoms with Crippen LogP contribution < -0.4 is 10.9 Å². The monoisotopic (exact) mass is 407 g/mol. The Morgan fingerprint density at radius 1 is 1.14 bits per heavy atom. The average Bonchev–Trinajstić information content (AvgIpc) is 2.73. The van der Waals surface area contributed by atoms with E-state index in [1.807, 2.05) is 60.0 Å². The highest BCUT2D eigenvalue weighted by atomic mass is 32.2. The molecule has 1 aliphatic rings. The molecule has 4 rings (SSSR count). The first-order chi connectivity index (χ1) is 14.1. The molecule has 1 N–H and O–H groups in total. The molecule has 0 saturated heterocycles. The summed E-state index contributed by atoms with van der Waals surface area (Å²) < 4.78 is 1.84. The normalized spacial score (nSPS) is 14.8. The van der Waals surface area contributed by atoms with E-state index in [0.717, 1.165) is 36.9 Å². The number of rotatable bonds is 5. The summed E-state index contributed by atoms with van der Waals surface area (Å²) >= 11 is 1.34. The zero-order valence-corrected chi connectivity index (χ0v) is 17.4. The zero-order valence-electron chi connectivity index (χ0n) is 16.6. The molecule has 0 bridgehead atoms. The van der Waals surface area contributed by atoms with Gasteiger partial charge in [0, 0.05) is 11.7 Å². The van der Waals surface area contributed by atoms with E-state index in [1.54, 1.807) is 0 Å². The topological polar surface area (TPSA) is 64.0 Å². The molecule has 1 fully saturated rings. The fourth-order valence-corrected chi connectivity index (χ4v) is 4.80. The van der Waals surface area contributed by atoms with Crippen LogP contribution in [0.4, 0.5) is 5.69 Å². The molecule has 150 valence electrons. The van der Waals surface area contributed by atoms with Crippen LogP contribution in [-0.2, 0) is 4.79 Å². The van der Waals surface area contributed by atoms with Crippen LogP contribution >= 0.6 is 11.8 Å². The van der Waals surface area contributed by atoms with E-state index in [2.05, 4.69) is 5.32 Å². The second-order valence-electron chi connectivity index (χ2n) is 7.58. The Bertz CT molecular complexity index is 1090. The summed E-state index contributed by atoms with van der Waals surface area (Å²) in [4.78, 5) is 30.5. The molecule has 0 aliphatic heterocycles. The molecule has 0 radical (unpaired) electrons. The standard InChI is InChI=1S/C23H25N3O2S/c1-16-8-7-9-17(14-16)24-21(27)15-29-23-25-20-13-6-5-12-19(20)22(28)26(23)18-10-3-2-4-11-18/h5-9,12-14,18H,2-4,10-11,15H2,1H3,(H,24,27). The molecule has 0 atom stereocenters. The van der Waals surface area contributed by atoms with Gasteiger partial charge < -0.3 is 5.32 Å². The molecule has 3 aromatic rings. The summed E-state index contributed by atoms with van der Waals surface area (Å²) in [6.07, 6.45) is 5.45. The highest BCUT2D eigenvalue weighted by Crippen LogP contribution is 2.31. The number of para-hydroxylation sites is 1. The van der Waals surface area contributed by atoms with Crippen LogP contribution in [0.15, 0.2) is 58.5 Å². The minimum atomic E-state index is -0.0989. The lowest BCUT2D eigenvalue weighted by molar-refractivity contribution is -0.113. The molecule has 0 unspecified atom stereocenters. The second-order valence-corrected chi connectivity index (χ2v) is 8.53. The molecule has 5 nitrogen and oxygen atoms in total. The van der Waals surface area contributed by atoms with E-state index >= 15 is 0 Å². The summed E-state index contributed by atoms with van der Waals surface area (Å²) in [6, 6.07) is 15.3. The van der Waals surface area contributed by atoms with E-state index in [9.17, 15) is 9.59 Å². The molecular weight excluding hydrogens is 382 g/mol. The number of amides is 1. The fourth-order valence-electron chi connectivity index (χ4n) is 3.94. The summed E-state index contributed by atoms with van der Waals surface area (Å²) in [5.41, 5.74) is 2.57. The van der Waals surface area contributed by atoms with E-state index in [-0.39, 0.29) is 23.3 Å². The Kier molecular flexibility index (Phi) is 6.00. The second kappa shape index (κ2) is 8.82. The number of benzene rings is 2. The number of thioether (sulfide) groups is 1. The summed E-state index contributed by atoms with van der Waals surface area (Å²) in [7, 11) is 0. The lowest BCUT2D eigenvalue weighted by Crippen LogP contribution is -2.29. The van der Waals surface area contributed by atoms with Crippen molar-refractivity contribution < 1.29 is 4.79 Å². The van der Waals surface area contributed by atoms with Crippen molar-refractivity contribution in [1.29, 1.82) is 0 Å². The van der Waals surface area contributed by atoms with Crippen molar-refractivity contribution in [1.82, 2.24) is 9.55 Å². The molecule has 1 heterocycles. The van der Waals surface area contributed by atoms with Gasteiger partial charge in [-0.2, -0.15) is 0 Å². The van der Waals surface area contributed by atoms with Gasteiger partial charge in [0.05, 0.1) is 16.7 Å². The maximum atomic E-state index is 13.2. The molecular formula is C23H25N3O2S. The van der Waals surface area contributed by atoms with Crippen molar-refractivity contribution in [3.8, 4) is 0 Å². The molecule has 2 aromatic carbocycles. The number of fused-ring (bicyclic) bond motifs is 1. The van der Waals surface area contributed by atoms with Crippen molar-refractivity contribution in [3.63, 3.8) is 0 Å². The molecule has 6 heteroatoms. The molecule has 1 saturated carbocycles. The van der Waals surface area contributed by atoms with Crippen molar-refractivity contribution >= 4 is 34.3 Å². The largest absolute Gasteiger partial charge is 0.325 e. The Labute approximate surface area is 174 Å². The van der Waals surface area contributed by atoms with E-state index in [0.29, 0.717) is 16.1 Å².